The van der Waals surface area contributed by atoms with E-state index in [1.54, 1.807) is 0 Å². The predicted molar refractivity (Wildman–Crippen MR) is 108 cm³/mol. The maximum Gasteiger partial charge on any atom is 0.222 e. The predicted octanol–water partition coefficient (Wildman–Crippen LogP) is 1.57. The van der Waals surface area contributed by atoms with Crippen LogP contribution in [0.2, 0.25) is 0 Å². The molecule has 0 aliphatic carbocycles. The Labute approximate surface area is 167 Å². The molecule has 154 valence electrons. The molecule has 0 atom stereocenters. The third kappa shape index (κ3) is 4.27. The van der Waals surface area contributed by atoms with Crippen molar-refractivity contribution < 1.29 is 4.79 Å². The number of piperidine rings is 1. The van der Waals surface area contributed by atoms with E-state index in [1.807, 2.05) is 44.7 Å². The quantitative estimate of drug-likeness (QED) is 0.752. The van der Waals surface area contributed by atoms with Gasteiger partial charge in [-0.05, 0) is 52.8 Å². The van der Waals surface area contributed by atoms with E-state index in [0.717, 1.165) is 61.9 Å². The first-order valence-corrected chi connectivity index (χ1v) is 10.1. The molecule has 3 rings (SSSR count). The Hall–Kier alpha value is -2.22. The summed E-state index contributed by atoms with van der Waals surface area (Å²) in [5.74, 6) is 2.65. The highest BCUT2D eigenvalue weighted by Gasteiger charge is 2.27. The average molecular weight is 388 g/mol. The van der Waals surface area contributed by atoms with Gasteiger partial charge in [0, 0.05) is 45.2 Å². The molecule has 1 aliphatic rings. The van der Waals surface area contributed by atoms with Crippen molar-refractivity contribution in [3.8, 4) is 0 Å². The van der Waals surface area contributed by atoms with E-state index in [-0.39, 0.29) is 5.91 Å². The van der Waals surface area contributed by atoms with Crippen molar-refractivity contribution in [3.05, 3.63) is 28.6 Å². The molecule has 3 heterocycles. The summed E-state index contributed by atoms with van der Waals surface area (Å²) in [4.78, 5) is 16.8. The summed E-state index contributed by atoms with van der Waals surface area (Å²) >= 11 is 0. The Morgan fingerprint density at radius 2 is 1.82 bits per heavy atom. The Bertz CT molecular complexity index is 828. The third-order valence-corrected chi connectivity index (χ3v) is 5.92. The van der Waals surface area contributed by atoms with E-state index < -0.39 is 0 Å². The monoisotopic (exact) mass is 387 g/mol. The number of hydrogen-bond donors (Lipinski definition) is 0. The van der Waals surface area contributed by atoms with Crippen LogP contribution in [0.25, 0.3) is 0 Å². The number of nitrogens with zero attached hydrogens (tertiary/aromatic N) is 7. The minimum absolute atomic E-state index is 0.243. The summed E-state index contributed by atoms with van der Waals surface area (Å²) in [5.41, 5.74) is 3.39. The van der Waals surface area contributed by atoms with Gasteiger partial charge in [-0.2, -0.15) is 5.10 Å². The number of amides is 1. The molecule has 8 heteroatoms. The second kappa shape index (κ2) is 8.43. The fraction of sp³-hybridized carbons (Fsp3) is 0.700. The molecule has 0 radical (unpaired) electrons. The van der Waals surface area contributed by atoms with Crippen LogP contribution in [0.3, 0.4) is 0 Å². The minimum atomic E-state index is 0.243. The number of likely N-dealkylation sites (tertiary alicyclic amines) is 1. The first-order chi connectivity index (χ1) is 13.3. The van der Waals surface area contributed by atoms with Crippen LogP contribution in [0.15, 0.2) is 0 Å². The maximum atomic E-state index is 12.7. The van der Waals surface area contributed by atoms with Gasteiger partial charge in [-0.1, -0.05) is 0 Å². The van der Waals surface area contributed by atoms with E-state index in [4.69, 9.17) is 0 Å². The molecule has 2 aromatic rings. The number of carbonyl (C=O) groups is 1. The van der Waals surface area contributed by atoms with Crippen LogP contribution >= 0.6 is 0 Å². The second-order valence-corrected chi connectivity index (χ2v) is 8.20. The highest BCUT2D eigenvalue weighted by Crippen LogP contribution is 2.27. The van der Waals surface area contributed by atoms with Crippen LogP contribution < -0.4 is 0 Å². The summed E-state index contributed by atoms with van der Waals surface area (Å²) in [7, 11) is 8.07. The Kier molecular flexibility index (Phi) is 6.17. The number of carbonyl (C=O) groups excluding carboxylic acids is 1. The lowest BCUT2D eigenvalue weighted by molar-refractivity contribution is -0.132. The highest BCUT2D eigenvalue weighted by atomic mass is 16.2. The molecule has 0 unspecified atom stereocenters. The van der Waals surface area contributed by atoms with E-state index in [0.29, 0.717) is 12.3 Å². The summed E-state index contributed by atoms with van der Waals surface area (Å²) < 4.78 is 4.02. The van der Waals surface area contributed by atoms with Gasteiger partial charge in [0.2, 0.25) is 5.91 Å². The van der Waals surface area contributed by atoms with Crippen molar-refractivity contribution >= 4 is 5.91 Å². The SMILES string of the molecule is Cc1nn(C)c(C)c1CCC(=O)N1CCC(c2nnc(CN(C)C)n2C)CC1. The summed E-state index contributed by atoms with van der Waals surface area (Å²) in [5, 5.41) is 13.2. The number of aryl methyl sites for hydroxylation is 2. The molecule has 0 aromatic carbocycles. The molecule has 0 saturated carbocycles. The molecule has 8 nitrogen and oxygen atoms in total. The molecular weight excluding hydrogens is 354 g/mol. The topological polar surface area (TPSA) is 72.1 Å². The van der Waals surface area contributed by atoms with Gasteiger partial charge in [0.1, 0.15) is 11.6 Å². The van der Waals surface area contributed by atoms with Crippen LogP contribution in [0.5, 0.6) is 0 Å². The van der Waals surface area contributed by atoms with E-state index in [9.17, 15) is 4.79 Å². The fourth-order valence-corrected chi connectivity index (χ4v) is 4.11. The standard InChI is InChI=1S/C20H33N7O/c1-14-17(15(2)26(6)23-14)7-8-19(28)27-11-9-16(10-12-27)20-22-21-18(25(20)5)13-24(3)4/h16H,7-13H2,1-6H3. The van der Waals surface area contributed by atoms with Gasteiger partial charge in [0.05, 0.1) is 12.2 Å². The van der Waals surface area contributed by atoms with Crippen LogP contribution in [0.4, 0.5) is 0 Å². The normalized spacial score (nSPS) is 15.6. The lowest BCUT2D eigenvalue weighted by Gasteiger charge is -2.31. The zero-order valence-corrected chi connectivity index (χ0v) is 18.1. The number of aromatic nitrogens is 5. The van der Waals surface area contributed by atoms with E-state index in [2.05, 4.69) is 31.7 Å². The van der Waals surface area contributed by atoms with Gasteiger partial charge in [0.25, 0.3) is 0 Å². The molecule has 1 amide bonds. The van der Waals surface area contributed by atoms with Gasteiger partial charge in [-0.3, -0.25) is 9.48 Å². The van der Waals surface area contributed by atoms with Gasteiger partial charge in [0.15, 0.2) is 0 Å². The van der Waals surface area contributed by atoms with E-state index >= 15 is 0 Å². The Balaban J connectivity index is 1.53. The van der Waals surface area contributed by atoms with Gasteiger partial charge >= 0.3 is 0 Å². The Morgan fingerprint density at radius 3 is 2.39 bits per heavy atom. The van der Waals surface area contributed by atoms with Crippen LogP contribution in [0, 0.1) is 13.8 Å². The van der Waals surface area contributed by atoms with E-state index in [1.165, 1.54) is 5.56 Å². The van der Waals surface area contributed by atoms with Crippen molar-refractivity contribution in [2.45, 2.75) is 52.0 Å². The molecule has 1 aliphatic heterocycles. The van der Waals surface area contributed by atoms with Crippen molar-refractivity contribution in [2.75, 3.05) is 27.2 Å². The maximum absolute atomic E-state index is 12.7. The molecule has 28 heavy (non-hydrogen) atoms. The summed E-state index contributed by atoms with van der Waals surface area (Å²) in [6.07, 6.45) is 3.21. The molecule has 0 N–H and O–H groups in total. The summed E-state index contributed by atoms with van der Waals surface area (Å²) in [6.45, 7) is 6.46. The van der Waals surface area contributed by atoms with Crippen molar-refractivity contribution in [2.24, 2.45) is 14.1 Å². The summed E-state index contributed by atoms with van der Waals surface area (Å²) in [6, 6.07) is 0. The van der Waals surface area contributed by atoms with Crippen LogP contribution in [0.1, 0.15) is 53.8 Å². The molecule has 2 aromatic heterocycles. The zero-order valence-electron chi connectivity index (χ0n) is 18.1. The molecule has 1 saturated heterocycles. The van der Waals surface area contributed by atoms with Crippen molar-refractivity contribution in [1.29, 1.82) is 0 Å². The largest absolute Gasteiger partial charge is 0.343 e. The number of rotatable bonds is 6. The fourth-order valence-electron chi connectivity index (χ4n) is 4.11. The van der Waals surface area contributed by atoms with Crippen LogP contribution in [-0.2, 0) is 31.9 Å². The molecule has 0 bridgehead atoms. The van der Waals surface area contributed by atoms with Crippen LogP contribution in [-0.4, -0.2) is 67.4 Å². The smallest absolute Gasteiger partial charge is 0.222 e. The lowest BCUT2D eigenvalue weighted by Crippen LogP contribution is -2.38. The Morgan fingerprint density at radius 1 is 1.14 bits per heavy atom. The number of hydrogen-bond acceptors (Lipinski definition) is 5. The third-order valence-electron chi connectivity index (χ3n) is 5.92. The first-order valence-electron chi connectivity index (χ1n) is 10.1. The minimum Gasteiger partial charge on any atom is -0.343 e. The van der Waals surface area contributed by atoms with Gasteiger partial charge in [-0.15, -0.1) is 10.2 Å². The van der Waals surface area contributed by atoms with Crippen molar-refractivity contribution in [3.63, 3.8) is 0 Å². The lowest BCUT2D eigenvalue weighted by atomic mass is 9.95. The van der Waals surface area contributed by atoms with Crippen molar-refractivity contribution in [1.82, 2.24) is 34.3 Å². The van der Waals surface area contributed by atoms with Gasteiger partial charge < -0.3 is 14.4 Å². The average Bonchev–Trinajstić information content (AvgIpc) is 3.12. The molecular formula is C20H33N7O. The molecule has 1 fully saturated rings. The van der Waals surface area contributed by atoms with Gasteiger partial charge in [-0.25, -0.2) is 0 Å². The zero-order chi connectivity index (χ0) is 20.4. The molecule has 0 spiro atoms. The first kappa shape index (κ1) is 20.5. The highest BCUT2D eigenvalue weighted by molar-refractivity contribution is 5.76. The second-order valence-electron chi connectivity index (χ2n) is 8.20.